The molecule has 2 heterocycles. The average molecular weight is 352 g/mol. The molecule has 1 fully saturated rings. The van der Waals surface area contributed by atoms with Crippen LogP contribution >= 0.6 is 11.6 Å². The highest BCUT2D eigenvalue weighted by Gasteiger charge is 2.32. The van der Waals surface area contributed by atoms with Gasteiger partial charge in [0.15, 0.2) is 0 Å². The van der Waals surface area contributed by atoms with E-state index in [1.807, 2.05) is 24.4 Å². The van der Waals surface area contributed by atoms with Crippen LogP contribution in [0, 0.1) is 5.92 Å². The van der Waals surface area contributed by atoms with Crippen molar-refractivity contribution in [1.29, 1.82) is 0 Å². The smallest absolute Gasteiger partial charge is 0.0747 e. The maximum absolute atomic E-state index is 6.32. The Balaban J connectivity index is 1.60. The number of hydrogen-bond acceptors (Lipinski definition) is 3. The van der Waals surface area contributed by atoms with Gasteiger partial charge in [-0.25, -0.2) is 0 Å². The number of aromatic nitrogens is 1. The van der Waals surface area contributed by atoms with Gasteiger partial charge in [0.2, 0.25) is 0 Å². The van der Waals surface area contributed by atoms with Crippen molar-refractivity contribution >= 4 is 22.5 Å². The van der Waals surface area contributed by atoms with Crippen LogP contribution in [-0.2, 0) is 6.54 Å². The molecule has 1 saturated heterocycles. The third-order valence-electron chi connectivity index (χ3n) is 5.19. The van der Waals surface area contributed by atoms with Crippen molar-refractivity contribution in [2.45, 2.75) is 12.5 Å². The van der Waals surface area contributed by atoms with Gasteiger partial charge in [0.1, 0.15) is 0 Å². The minimum absolute atomic E-state index is 0.487. The Kier molecular flexibility index (Phi) is 4.71. The Morgan fingerprint density at radius 3 is 2.72 bits per heavy atom. The van der Waals surface area contributed by atoms with Crippen LogP contribution in [0.1, 0.15) is 17.0 Å². The van der Waals surface area contributed by atoms with Crippen LogP contribution in [0.25, 0.3) is 10.9 Å². The topological polar surface area (TPSA) is 42.1 Å². The fraction of sp³-hybridized carbons (Fsp3) is 0.286. The van der Waals surface area contributed by atoms with E-state index in [2.05, 4.69) is 46.3 Å². The summed E-state index contributed by atoms with van der Waals surface area (Å²) in [6.07, 6.45) is 1.85. The van der Waals surface area contributed by atoms with E-state index in [9.17, 15) is 0 Å². The molecule has 4 rings (SSSR count). The van der Waals surface area contributed by atoms with Crippen LogP contribution in [0.4, 0.5) is 0 Å². The number of nitrogens with zero attached hydrogens (tertiary/aromatic N) is 2. The number of fused-ring (bicyclic) bond motifs is 1. The predicted octanol–water partition coefficient (Wildman–Crippen LogP) is 4.06. The molecule has 128 valence electrons. The van der Waals surface area contributed by atoms with Gasteiger partial charge in [0, 0.05) is 42.2 Å². The van der Waals surface area contributed by atoms with Crippen molar-refractivity contribution in [3.05, 3.63) is 76.9 Å². The summed E-state index contributed by atoms with van der Waals surface area (Å²) in [7, 11) is 0. The molecular formula is C21H22ClN3. The molecule has 0 spiro atoms. The zero-order chi connectivity index (χ0) is 17.2. The lowest BCUT2D eigenvalue weighted by atomic mass is 9.89. The van der Waals surface area contributed by atoms with Crippen LogP contribution in [-0.4, -0.2) is 29.5 Å². The first-order chi connectivity index (χ1) is 12.2. The number of likely N-dealkylation sites (tertiary alicyclic amines) is 1. The SMILES string of the molecule is NC[C@@H]1CN(Cc2cc(Cl)cc3cccnc23)C[C@H]1c1ccccc1. The van der Waals surface area contributed by atoms with Gasteiger partial charge in [0.05, 0.1) is 5.52 Å². The van der Waals surface area contributed by atoms with Gasteiger partial charge in [0.25, 0.3) is 0 Å². The monoisotopic (exact) mass is 351 g/mol. The van der Waals surface area contributed by atoms with Crippen molar-refractivity contribution in [1.82, 2.24) is 9.88 Å². The number of hydrogen-bond donors (Lipinski definition) is 1. The Morgan fingerprint density at radius 1 is 1.08 bits per heavy atom. The maximum atomic E-state index is 6.32. The maximum Gasteiger partial charge on any atom is 0.0747 e. The minimum atomic E-state index is 0.487. The summed E-state index contributed by atoms with van der Waals surface area (Å²) in [6, 6.07) is 18.8. The second-order valence-corrected chi connectivity index (χ2v) is 7.28. The summed E-state index contributed by atoms with van der Waals surface area (Å²) >= 11 is 6.32. The number of pyridine rings is 1. The van der Waals surface area contributed by atoms with Crippen molar-refractivity contribution in [2.75, 3.05) is 19.6 Å². The molecule has 4 heteroatoms. The van der Waals surface area contributed by atoms with Gasteiger partial charge in [-0.15, -0.1) is 0 Å². The van der Waals surface area contributed by atoms with Crippen LogP contribution in [0.15, 0.2) is 60.8 Å². The minimum Gasteiger partial charge on any atom is -0.330 e. The molecule has 0 unspecified atom stereocenters. The highest BCUT2D eigenvalue weighted by molar-refractivity contribution is 6.31. The number of rotatable bonds is 4. The lowest BCUT2D eigenvalue weighted by molar-refractivity contribution is 0.318. The number of benzene rings is 2. The molecule has 0 saturated carbocycles. The van der Waals surface area contributed by atoms with E-state index >= 15 is 0 Å². The summed E-state index contributed by atoms with van der Waals surface area (Å²) in [6.45, 7) is 3.60. The zero-order valence-electron chi connectivity index (χ0n) is 14.1. The summed E-state index contributed by atoms with van der Waals surface area (Å²) in [5, 5.41) is 1.86. The number of nitrogens with two attached hydrogens (primary N) is 1. The first kappa shape index (κ1) is 16.5. The van der Waals surface area contributed by atoms with Gasteiger partial charge in [-0.2, -0.15) is 0 Å². The van der Waals surface area contributed by atoms with E-state index in [-0.39, 0.29) is 0 Å². The Labute approximate surface area is 153 Å². The molecule has 0 bridgehead atoms. The summed E-state index contributed by atoms with van der Waals surface area (Å²) in [4.78, 5) is 7.05. The molecule has 25 heavy (non-hydrogen) atoms. The van der Waals surface area contributed by atoms with Crippen LogP contribution < -0.4 is 5.73 Å². The van der Waals surface area contributed by atoms with E-state index in [1.54, 1.807) is 0 Å². The first-order valence-electron chi connectivity index (χ1n) is 8.75. The quantitative estimate of drug-likeness (QED) is 0.770. The molecule has 0 radical (unpaired) electrons. The molecular weight excluding hydrogens is 330 g/mol. The first-order valence-corrected chi connectivity index (χ1v) is 9.13. The van der Waals surface area contributed by atoms with Crippen LogP contribution in [0.2, 0.25) is 5.02 Å². The molecule has 3 aromatic rings. The normalized spacial score (nSPS) is 21.0. The van der Waals surface area contributed by atoms with Crippen LogP contribution in [0.5, 0.6) is 0 Å². The van der Waals surface area contributed by atoms with Crippen LogP contribution in [0.3, 0.4) is 0 Å². The molecule has 2 aromatic carbocycles. The van der Waals surface area contributed by atoms with E-state index in [0.717, 1.165) is 35.6 Å². The van der Waals surface area contributed by atoms with E-state index in [1.165, 1.54) is 11.1 Å². The summed E-state index contributed by atoms with van der Waals surface area (Å²) < 4.78 is 0. The Hall–Kier alpha value is -1.94. The van der Waals surface area contributed by atoms with Crippen molar-refractivity contribution < 1.29 is 0 Å². The Morgan fingerprint density at radius 2 is 1.92 bits per heavy atom. The predicted molar refractivity (Wildman–Crippen MR) is 104 cm³/mol. The van der Waals surface area contributed by atoms with Gasteiger partial charge in [-0.05, 0) is 41.8 Å². The van der Waals surface area contributed by atoms with E-state index in [4.69, 9.17) is 17.3 Å². The standard InChI is InChI=1S/C21H22ClN3/c22-19-9-16-7-4-8-24-21(16)17(10-19)12-25-13-18(11-23)20(14-25)15-5-2-1-3-6-15/h1-10,18,20H,11-14,23H2/t18-,20+/m1/s1. The zero-order valence-corrected chi connectivity index (χ0v) is 14.9. The summed E-state index contributed by atoms with van der Waals surface area (Å²) in [5.74, 6) is 0.977. The fourth-order valence-corrected chi connectivity index (χ4v) is 4.24. The second kappa shape index (κ2) is 7.12. The molecule has 2 atom stereocenters. The second-order valence-electron chi connectivity index (χ2n) is 6.85. The third kappa shape index (κ3) is 3.40. The molecule has 0 aliphatic carbocycles. The van der Waals surface area contributed by atoms with Gasteiger partial charge >= 0.3 is 0 Å². The third-order valence-corrected chi connectivity index (χ3v) is 5.41. The number of halogens is 1. The van der Waals surface area contributed by atoms with Crippen molar-refractivity contribution in [3.8, 4) is 0 Å². The molecule has 3 nitrogen and oxygen atoms in total. The molecule has 1 aliphatic rings. The molecule has 2 N–H and O–H groups in total. The van der Waals surface area contributed by atoms with Gasteiger partial charge in [-0.3, -0.25) is 9.88 Å². The Bertz CT molecular complexity index is 865. The average Bonchev–Trinajstić information content (AvgIpc) is 3.05. The lowest BCUT2D eigenvalue weighted by Gasteiger charge is -2.17. The molecule has 0 amide bonds. The van der Waals surface area contributed by atoms with Crippen molar-refractivity contribution in [3.63, 3.8) is 0 Å². The van der Waals surface area contributed by atoms with Gasteiger partial charge in [-0.1, -0.05) is 48.0 Å². The summed E-state index contributed by atoms with van der Waals surface area (Å²) in [5.41, 5.74) is 9.68. The van der Waals surface area contributed by atoms with E-state index < -0.39 is 0 Å². The van der Waals surface area contributed by atoms with Crippen molar-refractivity contribution in [2.24, 2.45) is 11.7 Å². The van der Waals surface area contributed by atoms with E-state index in [0.29, 0.717) is 18.4 Å². The highest BCUT2D eigenvalue weighted by Crippen LogP contribution is 2.33. The largest absolute Gasteiger partial charge is 0.330 e. The fourth-order valence-electron chi connectivity index (χ4n) is 4.00. The lowest BCUT2D eigenvalue weighted by Crippen LogP contribution is -2.23. The highest BCUT2D eigenvalue weighted by atomic mass is 35.5. The molecule has 1 aliphatic heterocycles. The van der Waals surface area contributed by atoms with Gasteiger partial charge < -0.3 is 5.73 Å². The molecule has 1 aromatic heterocycles.